The molecule has 2 aliphatic rings. The maximum atomic E-state index is 12.9. The molecule has 0 N–H and O–H groups in total. The number of ether oxygens (including phenoxy) is 1. The Labute approximate surface area is 151 Å². The van der Waals surface area contributed by atoms with Gasteiger partial charge in [0.1, 0.15) is 16.9 Å². The second-order valence-electron chi connectivity index (χ2n) is 5.80. The fourth-order valence-electron chi connectivity index (χ4n) is 2.65. The molecule has 2 aromatic rings. The van der Waals surface area contributed by atoms with Crippen LogP contribution >= 0.6 is 11.3 Å². The first-order valence-electron chi connectivity index (χ1n) is 7.61. The van der Waals surface area contributed by atoms with Crippen molar-refractivity contribution < 1.29 is 31.1 Å². The van der Waals surface area contributed by atoms with E-state index in [0.29, 0.717) is 22.2 Å². The summed E-state index contributed by atoms with van der Waals surface area (Å²) in [6.45, 7) is 0.731. The van der Waals surface area contributed by atoms with E-state index in [9.17, 15) is 26.3 Å². The Morgan fingerprint density at radius 1 is 1.00 bits per heavy atom. The molecule has 4 rings (SSSR count). The van der Waals surface area contributed by atoms with Crippen LogP contribution in [-0.2, 0) is 12.4 Å². The van der Waals surface area contributed by atoms with Gasteiger partial charge in [-0.15, -0.1) is 0 Å². The lowest BCUT2D eigenvalue weighted by atomic mass is 10.1. The SMILES string of the molecule is FC(F)(F)c1cc(Oc2nc3c(s2)=NC2=CCCN2C=3)cc(C(F)(F)F)c1. The highest BCUT2D eigenvalue weighted by molar-refractivity contribution is 7.10. The van der Waals surface area contributed by atoms with E-state index in [0.717, 1.165) is 30.1 Å². The number of alkyl halides is 6. The van der Waals surface area contributed by atoms with E-state index in [4.69, 9.17) is 4.74 Å². The van der Waals surface area contributed by atoms with Gasteiger partial charge in [-0.2, -0.15) is 31.3 Å². The molecule has 0 unspecified atom stereocenters. The van der Waals surface area contributed by atoms with Gasteiger partial charge in [-0.1, -0.05) is 11.3 Å². The summed E-state index contributed by atoms with van der Waals surface area (Å²) in [6.07, 6.45) is -5.42. The average molecular weight is 405 g/mol. The van der Waals surface area contributed by atoms with Crippen LogP contribution in [0.3, 0.4) is 0 Å². The number of thiazole rings is 1. The Bertz CT molecular complexity index is 1020. The normalized spacial score (nSPS) is 16.2. The van der Waals surface area contributed by atoms with Crippen molar-refractivity contribution in [3.05, 3.63) is 51.2 Å². The number of aromatic nitrogens is 1. The van der Waals surface area contributed by atoms with Gasteiger partial charge in [0.05, 0.1) is 11.1 Å². The zero-order valence-electron chi connectivity index (χ0n) is 13.2. The third kappa shape index (κ3) is 3.51. The van der Waals surface area contributed by atoms with Gasteiger partial charge >= 0.3 is 12.4 Å². The zero-order chi connectivity index (χ0) is 19.4. The van der Waals surface area contributed by atoms with Crippen LogP contribution in [0.1, 0.15) is 17.5 Å². The molecule has 142 valence electrons. The van der Waals surface area contributed by atoms with Gasteiger partial charge in [0, 0.05) is 12.7 Å². The van der Waals surface area contributed by atoms with Crippen LogP contribution in [-0.4, -0.2) is 16.4 Å². The number of halogens is 6. The van der Waals surface area contributed by atoms with Crippen LogP contribution in [0.4, 0.5) is 26.3 Å². The van der Waals surface area contributed by atoms with Gasteiger partial charge < -0.3 is 9.64 Å². The molecule has 2 aliphatic heterocycles. The van der Waals surface area contributed by atoms with Crippen molar-refractivity contribution in [3.63, 3.8) is 0 Å². The molecule has 0 amide bonds. The molecule has 1 aromatic carbocycles. The van der Waals surface area contributed by atoms with Crippen LogP contribution < -0.4 is 14.8 Å². The van der Waals surface area contributed by atoms with E-state index in [1.165, 1.54) is 0 Å². The maximum Gasteiger partial charge on any atom is 0.416 e. The van der Waals surface area contributed by atoms with Crippen LogP contribution in [0.2, 0.25) is 0 Å². The molecule has 11 heteroatoms. The highest BCUT2D eigenvalue weighted by Gasteiger charge is 2.37. The summed E-state index contributed by atoms with van der Waals surface area (Å²) in [5.74, 6) is 0.138. The van der Waals surface area contributed by atoms with Crippen LogP contribution in [0, 0.1) is 0 Å². The van der Waals surface area contributed by atoms with E-state index >= 15 is 0 Å². The average Bonchev–Trinajstić information content (AvgIpc) is 3.15. The molecule has 0 atom stereocenters. The summed E-state index contributed by atoms with van der Waals surface area (Å²) in [5.41, 5.74) is -2.90. The predicted molar refractivity (Wildman–Crippen MR) is 83.3 cm³/mol. The molecule has 3 heterocycles. The van der Waals surface area contributed by atoms with Crippen molar-refractivity contribution in [2.24, 2.45) is 4.99 Å². The van der Waals surface area contributed by atoms with E-state index in [1.54, 1.807) is 6.20 Å². The van der Waals surface area contributed by atoms with Crippen molar-refractivity contribution in [1.82, 2.24) is 9.88 Å². The fraction of sp³-hybridized carbons (Fsp3) is 0.250. The third-order valence-corrected chi connectivity index (χ3v) is 4.71. The standard InChI is InChI=1S/C16H9F6N3OS/c17-15(18,19)8-4-9(16(20,21)22)6-10(5-8)26-14-23-11-7-25-3-1-2-12(25)24-13(11)27-14/h2,4-7H,1,3H2. The minimum absolute atomic E-state index is 0.0454. The number of hydrogen-bond acceptors (Lipinski definition) is 5. The number of benzene rings is 1. The first-order valence-corrected chi connectivity index (χ1v) is 8.43. The highest BCUT2D eigenvalue weighted by atomic mass is 32.1. The lowest BCUT2D eigenvalue weighted by Crippen LogP contribution is -2.31. The van der Waals surface area contributed by atoms with Crippen molar-refractivity contribution in [2.45, 2.75) is 18.8 Å². The van der Waals surface area contributed by atoms with Crippen LogP contribution in [0.15, 0.2) is 35.1 Å². The Kier molecular flexibility index (Phi) is 3.95. The zero-order valence-corrected chi connectivity index (χ0v) is 14.0. The smallest absolute Gasteiger partial charge is 0.416 e. The lowest BCUT2D eigenvalue weighted by molar-refractivity contribution is -0.143. The van der Waals surface area contributed by atoms with Gasteiger partial charge in [-0.05, 0) is 30.7 Å². The quantitative estimate of drug-likeness (QED) is 0.712. The third-order valence-electron chi connectivity index (χ3n) is 3.87. The lowest BCUT2D eigenvalue weighted by Gasteiger charge is -2.14. The number of rotatable bonds is 2. The highest BCUT2D eigenvalue weighted by Crippen LogP contribution is 2.39. The van der Waals surface area contributed by atoms with Crippen molar-refractivity contribution in [3.8, 4) is 10.9 Å². The molecule has 0 spiro atoms. The van der Waals surface area contributed by atoms with Crippen molar-refractivity contribution >= 4 is 17.5 Å². The monoisotopic (exact) mass is 405 g/mol. The first-order chi connectivity index (χ1) is 12.6. The predicted octanol–water partition coefficient (Wildman–Crippen LogP) is 3.89. The minimum atomic E-state index is -4.94. The largest absolute Gasteiger partial charge is 0.431 e. The molecule has 0 aliphatic carbocycles. The molecule has 0 bridgehead atoms. The summed E-state index contributed by atoms with van der Waals surface area (Å²) < 4.78 is 83.2. The molecule has 27 heavy (non-hydrogen) atoms. The summed E-state index contributed by atoms with van der Waals surface area (Å²) >= 11 is 0.945. The minimum Gasteiger partial charge on any atom is -0.431 e. The van der Waals surface area contributed by atoms with Gasteiger partial charge in [0.25, 0.3) is 5.19 Å². The summed E-state index contributed by atoms with van der Waals surface area (Å²) in [7, 11) is 0. The molecule has 0 saturated carbocycles. The topological polar surface area (TPSA) is 37.7 Å². The second kappa shape index (κ2) is 5.98. The Balaban J connectivity index is 1.73. The van der Waals surface area contributed by atoms with Gasteiger partial charge in [0.2, 0.25) is 0 Å². The summed E-state index contributed by atoms with van der Waals surface area (Å²) in [6, 6.07) is 1.07. The van der Waals surface area contributed by atoms with E-state index < -0.39 is 29.2 Å². The van der Waals surface area contributed by atoms with Crippen LogP contribution in [0.5, 0.6) is 10.9 Å². The van der Waals surface area contributed by atoms with Crippen molar-refractivity contribution in [1.29, 1.82) is 0 Å². The summed E-state index contributed by atoms with van der Waals surface area (Å²) in [4.78, 5) is 10.3. The Morgan fingerprint density at radius 2 is 1.67 bits per heavy atom. The first kappa shape index (κ1) is 17.8. The molecular formula is C16H9F6N3OS. The van der Waals surface area contributed by atoms with Crippen LogP contribution in [0.25, 0.3) is 6.20 Å². The fourth-order valence-corrected chi connectivity index (χ4v) is 3.44. The van der Waals surface area contributed by atoms with E-state index in [-0.39, 0.29) is 11.3 Å². The Hall–Kier alpha value is -2.56. The molecule has 0 fully saturated rings. The van der Waals surface area contributed by atoms with E-state index in [1.807, 2.05) is 11.0 Å². The maximum absolute atomic E-state index is 12.9. The molecule has 1 aromatic heterocycles. The Morgan fingerprint density at radius 3 is 2.30 bits per heavy atom. The molecule has 0 saturated heterocycles. The van der Waals surface area contributed by atoms with Gasteiger partial charge in [-0.25, -0.2) is 4.99 Å². The summed E-state index contributed by atoms with van der Waals surface area (Å²) in [5, 5.41) is 0.367. The number of hydrogen-bond donors (Lipinski definition) is 0. The molecule has 0 radical (unpaired) electrons. The van der Waals surface area contributed by atoms with Gasteiger partial charge in [0.15, 0.2) is 4.67 Å². The van der Waals surface area contributed by atoms with Crippen molar-refractivity contribution in [2.75, 3.05) is 6.54 Å². The molecular weight excluding hydrogens is 396 g/mol. The number of nitrogens with zero attached hydrogens (tertiary/aromatic N) is 3. The number of fused-ring (bicyclic) bond motifs is 2. The van der Waals surface area contributed by atoms with Gasteiger partial charge in [-0.3, -0.25) is 0 Å². The second-order valence-corrected chi connectivity index (χ2v) is 6.74. The molecule has 4 nitrogen and oxygen atoms in total. The van der Waals surface area contributed by atoms with E-state index in [2.05, 4.69) is 9.98 Å².